The van der Waals surface area contributed by atoms with Gasteiger partial charge in [0.15, 0.2) is 0 Å². The molecular weight excluding hydrogens is 238 g/mol. The van der Waals surface area contributed by atoms with Crippen LogP contribution in [0.2, 0.25) is 5.02 Å². The highest BCUT2D eigenvalue weighted by Crippen LogP contribution is 2.17. The Balaban J connectivity index is 2.48. The Morgan fingerprint density at radius 3 is 2.71 bits per heavy atom. The van der Waals surface area contributed by atoms with E-state index in [1.165, 1.54) is 0 Å². The molecule has 1 atom stereocenters. The van der Waals surface area contributed by atoms with Gasteiger partial charge in [0, 0.05) is 5.02 Å². The molecular formula is C13H18ClNO2. The SMILES string of the molecule is CC(C)OCC(=O)NC(C)c1cccc(Cl)c1. The van der Waals surface area contributed by atoms with Crippen molar-refractivity contribution in [3.63, 3.8) is 0 Å². The highest BCUT2D eigenvalue weighted by molar-refractivity contribution is 6.30. The fourth-order valence-corrected chi connectivity index (χ4v) is 1.58. The lowest BCUT2D eigenvalue weighted by atomic mass is 10.1. The van der Waals surface area contributed by atoms with E-state index in [1.54, 1.807) is 0 Å². The molecule has 0 aliphatic rings. The second kappa shape index (κ2) is 6.62. The van der Waals surface area contributed by atoms with Crippen molar-refractivity contribution in [1.29, 1.82) is 0 Å². The Kier molecular flexibility index (Phi) is 5.45. The lowest BCUT2D eigenvalue weighted by Crippen LogP contribution is -2.31. The maximum atomic E-state index is 11.5. The van der Waals surface area contributed by atoms with Crippen molar-refractivity contribution in [2.45, 2.75) is 32.9 Å². The standard InChI is InChI=1S/C13H18ClNO2/c1-9(2)17-8-13(16)15-10(3)11-5-4-6-12(14)7-11/h4-7,9-10H,8H2,1-3H3,(H,15,16). The van der Waals surface area contributed by atoms with Crippen LogP contribution in [0.5, 0.6) is 0 Å². The minimum Gasteiger partial charge on any atom is -0.369 e. The number of carbonyl (C=O) groups excluding carboxylic acids is 1. The van der Waals surface area contributed by atoms with Crippen molar-refractivity contribution in [2.75, 3.05) is 6.61 Å². The highest BCUT2D eigenvalue weighted by atomic mass is 35.5. The second-order valence-corrected chi connectivity index (χ2v) is 4.64. The van der Waals surface area contributed by atoms with Crippen LogP contribution in [0.3, 0.4) is 0 Å². The summed E-state index contributed by atoms with van der Waals surface area (Å²) in [4.78, 5) is 11.5. The van der Waals surface area contributed by atoms with Gasteiger partial charge in [-0.3, -0.25) is 4.79 Å². The van der Waals surface area contributed by atoms with Crippen molar-refractivity contribution < 1.29 is 9.53 Å². The van der Waals surface area contributed by atoms with Crippen LogP contribution in [0, 0.1) is 0 Å². The third kappa shape index (κ3) is 5.20. The van der Waals surface area contributed by atoms with Crippen molar-refractivity contribution in [2.24, 2.45) is 0 Å². The fourth-order valence-electron chi connectivity index (χ4n) is 1.38. The fraction of sp³-hybridized carbons (Fsp3) is 0.462. The summed E-state index contributed by atoms with van der Waals surface area (Å²) in [7, 11) is 0. The summed E-state index contributed by atoms with van der Waals surface area (Å²) in [6.45, 7) is 5.79. The molecule has 1 aromatic rings. The number of halogens is 1. The number of hydrogen-bond acceptors (Lipinski definition) is 2. The maximum absolute atomic E-state index is 11.5. The van der Waals surface area contributed by atoms with Crippen LogP contribution in [0.15, 0.2) is 24.3 Å². The summed E-state index contributed by atoms with van der Waals surface area (Å²) in [6.07, 6.45) is 0.0576. The van der Waals surface area contributed by atoms with Gasteiger partial charge in [-0.25, -0.2) is 0 Å². The Hall–Kier alpha value is -1.06. The molecule has 0 radical (unpaired) electrons. The van der Waals surface area contributed by atoms with Gasteiger partial charge in [0.2, 0.25) is 5.91 Å². The molecule has 4 heteroatoms. The number of hydrogen-bond donors (Lipinski definition) is 1. The van der Waals surface area contributed by atoms with Crippen LogP contribution in [-0.4, -0.2) is 18.6 Å². The molecule has 0 aromatic heterocycles. The van der Waals surface area contributed by atoms with Crippen LogP contribution in [0.1, 0.15) is 32.4 Å². The molecule has 94 valence electrons. The van der Waals surface area contributed by atoms with Gasteiger partial charge in [0.05, 0.1) is 12.1 Å². The van der Waals surface area contributed by atoms with E-state index in [4.69, 9.17) is 16.3 Å². The maximum Gasteiger partial charge on any atom is 0.246 e. The predicted molar refractivity (Wildman–Crippen MR) is 69.1 cm³/mol. The van der Waals surface area contributed by atoms with Crippen LogP contribution in [0.4, 0.5) is 0 Å². The molecule has 0 spiro atoms. The van der Waals surface area contributed by atoms with Gasteiger partial charge < -0.3 is 10.1 Å². The molecule has 0 fully saturated rings. The number of ether oxygens (including phenoxy) is 1. The summed E-state index contributed by atoms with van der Waals surface area (Å²) in [5.74, 6) is -0.119. The van der Waals surface area contributed by atoms with E-state index in [0.717, 1.165) is 5.56 Å². The number of carbonyl (C=O) groups is 1. The smallest absolute Gasteiger partial charge is 0.246 e. The molecule has 0 saturated carbocycles. The third-order valence-electron chi connectivity index (χ3n) is 2.27. The number of benzene rings is 1. The zero-order chi connectivity index (χ0) is 12.8. The van der Waals surface area contributed by atoms with E-state index in [1.807, 2.05) is 45.0 Å². The van der Waals surface area contributed by atoms with Gasteiger partial charge in [0.25, 0.3) is 0 Å². The van der Waals surface area contributed by atoms with Gasteiger partial charge in [-0.2, -0.15) is 0 Å². The molecule has 0 aliphatic carbocycles. The van der Waals surface area contributed by atoms with Crippen molar-refractivity contribution in [3.05, 3.63) is 34.9 Å². The summed E-state index contributed by atoms with van der Waals surface area (Å²) in [5, 5.41) is 3.52. The van der Waals surface area contributed by atoms with Gasteiger partial charge >= 0.3 is 0 Å². The average molecular weight is 256 g/mol. The summed E-state index contributed by atoms with van der Waals surface area (Å²) in [5.41, 5.74) is 0.982. The highest BCUT2D eigenvalue weighted by Gasteiger charge is 2.10. The molecule has 1 rings (SSSR count). The zero-order valence-electron chi connectivity index (χ0n) is 10.4. The van der Waals surface area contributed by atoms with Crippen molar-refractivity contribution in [3.8, 4) is 0 Å². The molecule has 0 heterocycles. The third-order valence-corrected chi connectivity index (χ3v) is 2.51. The van der Waals surface area contributed by atoms with E-state index in [9.17, 15) is 4.79 Å². The first-order valence-corrected chi connectivity index (χ1v) is 6.03. The molecule has 3 nitrogen and oxygen atoms in total. The molecule has 0 saturated heterocycles. The largest absolute Gasteiger partial charge is 0.369 e. The Bertz CT molecular complexity index is 379. The Labute approximate surface area is 107 Å². The van der Waals surface area contributed by atoms with E-state index in [0.29, 0.717) is 5.02 Å². The van der Waals surface area contributed by atoms with E-state index < -0.39 is 0 Å². The lowest BCUT2D eigenvalue weighted by Gasteiger charge is -2.15. The number of nitrogens with one attached hydrogen (secondary N) is 1. The van der Waals surface area contributed by atoms with Crippen LogP contribution < -0.4 is 5.32 Å². The van der Waals surface area contributed by atoms with E-state index in [2.05, 4.69) is 5.32 Å². The quantitative estimate of drug-likeness (QED) is 0.879. The van der Waals surface area contributed by atoms with Crippen LogP contribution >= 0.6 is 11.6 Å². The predicted octanol–water partition coefficient (Wildman–Crippen LogP) is 2.94. The Morgan fingerprint density at radius 1 is 1.41 bits per heavy atom. The minimum atomic E-state index is -0.119. The topological polar surface area (TPSA) is 38.3 Å². The van der Waals surface area contributed by atoms with Crippen molar-refractivity contribution in [1.82, 2.24) is 5.32 Å². The molecule has 0 bridgehead atoms. The number of amides is 1. The molecule has 1 N–H and O–H groups in total. The molecule has 1 amide bonds. The van der Waals surface area contributed by atoms with Gasteiger partial charge in [-0.05, 0) is 38.5 Å². The molecule has 1 unspecified atom stereocenters. The molecule has 0 aliphatic heterocycles. The van der Waals surface area contributed by atoms with E-state index in [-0.39, 0.29) is 24.7 Å². The second-order valence-electron chi connectivity index (χ2n) is 4.20. The zero-order valence-corrected chi connectivity index (χ0v) is 11.1. The Morgan fingerprint density at radius 2 is 2.12 bits per heavy atom. The average Bonchev–Trinajstić information content (AvgIpc) is 2.26. The van der Waals surface area contributed by atoms with Crippen molar-refractivity contribution >= 4 is 17.5 Å². The normalized spacial score (nSPS) is 12.5. The van der Waals surface area contributed by atoms with Gasteiger partial charge in [0.1, 0.15) is 6.61 Å². The summed E-state index contributed by atoms with van der Waals surface area (Å²) >= 11 is 5.89. The van der Waals surface area contributed by atoms with Crippen LogP contribution in [-0.2, 0) is 9.53 Å². The lowest BCUT2D eigenvalue weighted by molar-refractivity contribution is -0.127. The summed E-state index contributed by atoms with van der Waals surface area (Å²) < 4.78 is 5.23. The molecule has 17 heavy (non-hydrogen) atoms. The van der Waals surface area contributed by atoms with Gasteiger partial charge in [-0.1, -0.05) is 23.7 Å². The molecule has 1 aromatic carbocycles. The van der Waals surface area contributed by atoms with Gasteiger partial charge in [-0.15, -0.1) is 0 Å². The minimum absolute atomic E-state index is 0.0576. The monoisotopic (exact) mass is 255 g/mol. The first kappa shape index (κ1) is 14.0. The first-order valence-electron chi connectivity index (χ1n) is 5.65. The first-order chi connectivity index (χ1) is 7.99. The summed E-state index contributed by atoms with van der Waals surface area (Å²) in [6, 6.07) is 7.37. The number of rotatable bonds is 5. The van der Waals surface area contributed by atoms with Crippen LogP contribution in [0.25, 0.3) is 0 Å². The van der Waals surface area contributed by atoms with E-state index >= 15 is 0 Å².